The van der Waals surface area contributed by atoms with E-state index in [1.807, 2.05) is 0 Å². The Labute approximate surface area is 97.9 Å². The van der Waals surface area contributed by atoms with Crippen LogP contribution in [0.2, 0.25) is 5.22 Å². The standard InChI is InChI=1S/C10H13ClN2O3/c1-10(2,5-7(12)14)13-9(15)6-3-4-16-8(6)11/h3-4H,5H2,1-2H3,(H2,12,14)(H,13,15). The monoisotopic (exact) mass is 244 g/mol. The normalized spacial score (nSPS) is 11.2. The lowest BCUT2D eigenvalue weighted by Crippen LogP contribution is -2.46. The number of nitrogens with one attached hydrogen (secondary N) is 1. The molecule has 2 amide bonds. The molecular formula is C10H13ClN2O3. The molecule has 0 bridgehead atoms. The molecule has 0 aliphatic rings. The summed E-state index contributed by atoms with van der Waals surface area (Å²) in [6, 6.07) is 1.46. The molecule has 0 aromatic carbocycles. The van der Waals surface area contributed by atoms with Crippen LogP contribution in [0, 0.1) is 0 Å². The van der Waals surface area contributed by atoms with E-state index >= 15 is 0 Å². The van der Waals surface area contributed by atoms with Crippen molar-refractivity contribution >= 4 is 23.4 Å². The molecule has 0 spiro atoms. The highest BCUT2D eigenvalue weighted by Crippen LogP contribution is 2.18. The summed E-state index contributed by atoms with van der Waals surface area (Å²) in [5.74, 6) is -0.881. The number of hydrogen-bond acceptors (Lipinski definition) is 3. The maximum Gasteiger partial charge on any atom is 0.256 e. The van der Waals surface area contributed by atoms with Crippen LogP contribution in [-0.4, -0.2) is 17.4 Å². The minimum absolute atomic E-state index is 0.0207. The van der Waals surface area contributed by atoms with Crippen LogP contribution in [-0.2, 0) is 4.79 Å². The molecule has 0 aliphatic carbocycles. The molecule has 5 nitrogen and oxygen atoms in total. The Morgan fingerprint density at radius 1 is 1.56 bits per heavy atom. The summed E-state index contributed by atoms with van der Waals surface area (Å²) in [7, 11) is 0. The Bertz CT molecular complexity index is 412. The number of furan rings is 1. The molecule has 1 aromatic rings. The molecule has 0 atom stereocenters. The van der Waals surface area contributed by atoms with Gasteiger partial charge in [0.15, 0.2) is 0 Å². The summed E-state index contributed by atoms with van der Waals surface area (Å²) in [4.78, 5) is 22.5. The SMILES string of the molecule is CC(C)(CC(N)=O)NC(=O)c1ccoc1Cl. The number of primary amides is 1. The predicted octanol–water partition coefficient (Wildman–Crippen LogP) is 1.32. The van der Waals surface area contributed by atoms with Gasteiger partial charge in [-0.25, -0.2) is 0 Å². The first-order valence-electron chi connectivity index (χ1n) is 4.65. The van der Waals surface area contributed by atoms with Crippen LogP contribution in [0.25, 0.3) is 0 Å². The van der Waals surface area contributed by atoms with E-state index in [9.17, 15) is 9.59 Å². The largest absolute Gasteiger partial charge is 0.452 e. The van der Waals surface area contributed by atoms with Crippen molar-refractivity contribution in [1.82, 2.24) is 5.32 Å². The highest BCUT2D eigenvalue weighted by atomic mass is 35.5. The van der Waals surface area contributed by atoms with Gasteiger partial charge in [-0.15, -0.1) is 0 Å². The molecule has 0 saturated carbocycles. The van der Waals surface area contributed by atoms with Crippen LogP contribution in [0.5, 0.6) is 0 Å². The van der Waals surface area contributed by atoms with Crippen LogP contribution in [0.4, 0.5) is 0 Å². The summed E-state index contributed by atoms with van der Waals surface area (Å²) in [6.07, 6.45) is 1.37. The highest BCUT2D eigenvalue weighted by molar-refractivity contribution is 6.32. The van der Waals surface area contributed by atoms with E-state index in [2.05, 4.69) is 5.32 Å². The first-order valence-corrected chi connectivity index (χ1v) is 5.03. The van der Waals surface area contributed by atoms with Crippen LogP contribution in [0.15, 0.2) is 16.7 Å². The zero-order valence-corrected chi connectivity index (χ0v) is 9.80. The first kappa shape index (κ1) is 12.6. The van der Waals surface area contributed by atoms with Crippen molar-refractivity contribution in [2.75, 3.05) is 0 Å². The highest BCUT2D eigenvalue weighted by Gasteiger charge is 2.25. The van der Waals surface area contributed by atoms with Crippen molar-refractivity contribution in [3.8, 4) is 0 Å². The Hall–Kier alpha value is -1.49. The zero-order valence-electron chi connectivity index (χ0n) is 9.04. The van der Waals surface area contributed by atoms with Gasteiger partial charge in [0.1, 0.15) is 0 Å². The van der Waals surface area contributed by atoms with Gasteiger partial charge in [0, 0.05) is 12.0 Å². The lowest BCUT2D eigenvalue weighted by molar-refractivity contribution is -0.119. The van der Waals surface area contributed by atoms with Gasteiger partial charge in [-0.2, -0.15) is 0 Å². The molecular weight excluding hydrogens is 232 g/mol. The third kappa shape index (κ3) is 3.27. The number of hydrogen-bond donors (Lipinski definition) is 2. The summed E-state index contributed by atoms with van der Waals surface area (Å²) >= 11 is 5.65. The van der Waals surface area contributed by atoms with E-state index in [0.717, 1.165) is 0 Å². The van der Waals surface area contributed by atoms with Crippen LogP contribution >= 0.6 is 11.6 Å². The summed E-state index contributed by atoms with van der Waals surface area (Å²) < 4.78 is 4.79. The molecule has 1 heterocycles. The molecule has 88 valence electrons. The lowest BCUT2D eigenvalue weighted by Gasteiger charge is -2.24. The van der Waals surface area contributed by atoms with Crippen LogP contribution < -0.4 is 11.1 Å². The van der Waals surface area contributed by atoms with Gasteiger partial charge in [-0.3, -0.25) is 9.59 Å². The number of rotatable bonds is 4. The van der Waals surface area contributed by atoms with E-state index in [0.29, 0.717) is 0 Å². The quantitative estimate of drug-likeness (QED) is 0.838. The van der Waals surface area contributed by atoms with E-state index < -0.39 is 17.4 Å². The Balaban J connectivity index is 2.71. The van der Waals surface area contributed by atoms with Crippen LogP contribution in [0.1, 0.15) is 30.6 Å². The van der Waals surface area contributed by atoms with Crippen molar-refractivity contribution < 1.29 is 14.0 Å². The fourth-order valence-corrected chi connectivity index (χ4v) is 1.51. The van der Waals surface area contributed by atoms with Crippen molar-refractivity contribution in [3.05, 3.63) is 23.1 Å². The maximum absolute atomic E-state index is 11.7. The minimum Gasteiger partial charge on any atom is -0.452 e. The number of halogens is 1. The van der Waals surface area contributed by atoms with Gasteiger partial charge in [0.2, 0.25) is 11.1 Å². The minimum atomic E-state index is -0.719. The predicted molar refractivity (Wildman–Crippen MR) is 59.1 cm³/mol. The molecule has 0 aliphatic heterocycles. The number of carbonyl (C=O) groups is 2. The number of carbonyl (C=O) groups excluding carboxylic acids is 2. The second-order valence-corrected chi connectivity index (χ2v) is 4.43. The Morgan fingerprint density at radius 3 is 2.62 bits per heavy atom. The van der Waals surface area contributed by atoms with Gasteiger partial charge in [-0.1, -0.05) is 0 Å². The maximum atomic E-state index is 11.7. The van der Waals surface area contributed by atoms with E-state index in [4.69, 9.17) is 21.8 Å². The zero-order chi connectivity index (χ0) is 12.3. The van der Waals surface area contributed by atoms with Crippen molar-refractivity contribution in [2.45, 2.75) is 25.8 Å². The fraction of sp³-hybridized carbons (Fsp3) is 0.400. The average Bonchev–Trinajstić information content (AvgIpc) is 2.47. The summed E-state index contributed by atoms with van der Waals surface area (Å²) in [6.45, 7) is 3.40. The fourth-order valence-electron chi connectivity index (χ4n) is 1.31. The molecule has 0 fully saturated rings. The smallest absolute Gasteiger partial charge is 0.256 e. The second kappa shape index (κ2) is 4.57. The van der Waals surface area contributed by atoms with Gasteiger partial charge in [0.25, 0.3) is 5.91 Å². The Morgan fingerprint density at radius 2 is 2.19 bits per heavy atom. The lowest BCUT2D eigenvalue weighted by atomic mass is 10.00. The molecule has 0 saturated heterocycles. The van der Waals surface area contributed by atoms with Crippen LogP contribution in [0.3, 0.4) is 0 Å². The summed E-state index contributed by atoms with van der Waals surface area (Å²) in [5, 5.41) is 2.67. The molecule has 6 heteroatoms. The van der Waals surface area contributed by atoms with Gasteiger partial charge in [-0.05, 0) is 31.5 Å². The second-order valence-electron chi connectivity index (χ2n) is 4.09. The number of amides is 2. The van der Waals surface area contributed by atoms with Gasteiger partial charge >= 0.3 is 0 Å². The van der Waals surface area contributed by atoms with Crippen molar-refractivity contribution in [3.63, 3.8) is 0 Å². The molecule has 0 radical (unpaired) electrons. The van der Waals surface area contributed by atoms with Crippen molar-refractivity contribution in [2.24, 2.45) is 5.73 Å². The van der Waals surface area contributed by atoms with E-state index in [1.165, 1.54) is 12.3 Å². The molecule has 3 N–H and O–H groups in total. The summed E-state index contributed by atoms with van der Waals surface area (Å²) in [5.41, 5.74) is 4.58. The molecule has 1 rings (SSSR count). The molecule has 1 aromatic heterocycles. The van der Waals surface area contributed by atoms with E-state index in [1.54, 1.807) is 13.8 Å². The van der Waals surface area contributed by atoms with Crippen molar-refractivity contribution in [1.29, 1.82) is 0 Å². The molecule has 16 heavy (non-hydrogen) atoms. The number of nitrogens with two attached hydrogens (primary N) is 1. The Kier molecular flexibility index (Phi) is 3.59. The third-order valence-corrected chi connectivity index (χ3v) is 2.22. The van der Waals surface area contributed by atoms with Gasteiger partial charge < -0.3 is 15.5 Å². The van der Waals surface area contributed by atoms with Gasteiger partial charge in [0.05, 0.1) is 11.8 Å². The first-order chi connectivity index (χ1) is 7.32. The topological polar surface area (TPSA) is 85.3 Å². The molecule has 0 unspecified atom stereocenters. The average molecular weight is 245 g/mol. The van der Waals surface area contributed by atoms with E-state index in [-0.39, 0.29) is 17.2 Å². The third-order valence-electron chi connectivity index (χ3n) is 1.93.